The number of unbranched alkanes of at least 4 members (excludes halogenated alkanes) is 21. The average Bonchev–Trinajstić information content (AvgIpc) is 2.79. The molecule has 0 heterocycles. The third-order valence-corrected chi connectivity index (χ3v) is 9.40. The van der Waals surface area contributed by atoms with Crippen LogP contribution in [0.1, 0.15) is 194 Å². The largest absolute Gasteiger partial charge is 0.0654 e. The van der Waals surface area contributed by atoms with Gasteiger partial charge in [-0.25, -0.2) is 0 Å². The van der Waals surface area contributed by atoms with Gasteiger partial charge in [0.05, 0.1) is 0 Å². The van der Waals surface area contributed by atoms with E-state index >= 15 is 0 Å². The molecule has 0 atom stereocenters. The molecule has 1 heteroatoms. The van der Waals surface area contributed by atoms with Crippen LogP contribution in [0.2, 0.25) is 5.04 Å². The van der Waals surface area contributed by atoms with Crippen LogP contribution in [-0.2, 0) is 0 Å². The van der Waals surface area contributed by atoms with Crippen LogP contribution in [0.3, 0.4) is 0 Å². The molecule has 0 aromatic rings. The molecule has 0 fully saturated rings. The second-order valence-corrected chi connectivity index (χ2v) is 13.6. The molecule has 0 unspecified atom stereocenters. The number of hydrogen-bond donors (Lipinski definition) is 0. The zero-order valence-electron chi connectivity index (χ0n) is 23.6. The highest BCUT2D eigenvalue weighted by molar-refractivity contribution is 6.15. The van der Waals surface area contributed by atoms with E-state index in [1.807, 2.05) is 0 Å². The van der Waals surface area contributed by atoms with Gasteiger partial charge in [0.25, 0.3) is 0 Å². The molecule has 0 aromatic heterocycles. The van der Waals surface area contributed by atoms with E-state index in [4.69, 9.17) is 0 Å². The van der Waals surface area contributed by atoms with Crippen LogP contribution in [0.4, 0.5) is 0 Å². The Labute approximate surface area is 209 Å². The third-order valence-electron chi connectivity index (χ3n) is 7.90. The van der Waals surface area contributed by atoms with Gasteiger partial charge in [-0.05, 0) is 5.04 Å². The quantitative estimate of drug-likeness (QED) is 0.0833. The molecule has 0 aliphatic rings. The molecule has 0 nitrogen and oxygen atoms in total. The highest BCUT2D eigenvalue weighted by Crippen LogP contribution is 2.41. The third kappa shape index (κ3) is 23.4. The summed E-state index contributed by atoms with van der Waals surface area (Å²) < 4.78 is 0. The van der Waals surface area contributed by atoms with Crippen molar-refractivity contribution in [2.45, 2.75) is 199 Å². The molecule has 0 saturated carbocycles. The highest BCUT2D eigenvalue weighted by atomic mass is 28.1. The molecular formula is C31H66Si. The van der Waals surface area contributed by atoms with Crippen LogP contribution in [0.5, 0.6) is 0 Å². The molecule has 0 radical (unpaired) electrons. The van der Waals surface area contributed by atoms with E-state index in [2.05, 4.69) is 20.8 Å². The Morgan fingerprint density at radius 2 is 0.500 bits per heavy atom. The zero-order chi connectivity index (χ0) is 23.6. The molecular weight excluding hydrogens is 400 g/mol. The standard InChI is InChI=1S/C31H66Si/c1-4-7-10-13-16-19-22-25-28-31(32,29-26-23-20-17-14-11-8-5-2)30-27-24-21-18-15-12-9-6-3/h4-30H2,1-3,32H3. The predicted molar refractivity (Wildman–Crippen MR) is 154 cm³/mol. The van der Waals surface area contributed by atoms with Crippen molar-refractivity contribution >= 4 is 10.2 Å². The van der Waals surface area contributed by atoms with Gasteiger partial charge in [-0.3, -0.25) is 0 Å². The first-order valence-corrected chi connectivity index (χ1v) is 16.7. The summed E-state index contributed by atoms with van der Waals surface area (Å²) in [4.78, 5) is 0. The van der Waals surface area contributed by atoms with Crippen molar-refractivity contribution in [1.29, 1.82) is 0 Å². The van der Waals surface area contributed by atoms with E-state index < -0.39 is 0 Å². The molecule has 0 rings (SSSR count). The van der Waals surface area contributed by atoms with Crippen LogP contribution in [0.15, 0.2) is 0 Å². The molecule has 32 heavy (non-hydrogen) atoms. The van der Waals surface area contributed by atoms with Gasteiger partial charge in [0.1, 0.15) is 0 Å². The van der Waals surface area contributed by atoms with Gasteiger partial charge in [0.15, 0.2) is 0 Å². The maximum Gasteiger partial charge on any atom is 0.0106 e. The zero-order valence-corrected chi connectivity index (χ0v) is 25.6. The normalized spacial score (nSPS) is 12.1. The van der Waals surface area contributed by atoms with Crippen molar-refractivity contribution in [3.8, 4) is 0 Å². The summed E-state index contributed by atoms with van der Waals surface area (Å²) in [5, 5.41) is 0.770. The number of hydrogen-bond acceptors (Lipinski definition) is 0. The minimum Gasteiger partial charge on any atom is -0.0654 e. The first kappa shape index (κ1) is 32.2. The Bertz CT molecular complexity index is 287. The predicted octanol–water partition coefficient (Wildman–Crippen LogP) is 11.1. The minimum absolute atomic E-state index is 0.770. The van der Waals surface area contributed by atoms with E-state index in [0.29, 0.717) is 0 Å². The minimum atomic E-state index is 0.770. The van der Waals surface area contributed by atoms with Gasteiger partial charge in [0, 0.05) is 10.2 Å². The maximum absolute atomic E-state index is 2.32. The topological polar surface area (TPSA) is 0 Å². The number of rotatable bonds is 27. The Balaban J connectivity index is 4.04. The van der Waals surface area contributed by atoms with E-state index in [1.54, 1.807) is 19.3 Å². The van der Waals surface area contributed by atoms with Gasteiger partial charge in [0.2, 0.25) is 0 Å². The second kappa shape index (κ2) is 25.8. The Morgan fingerprint density at radius 3 is 0.719 bits per heavy atom. The molecule has 194 valence electrons. The van der Waals surface area contributed by atoms with Crippen molar-refractivity contribution in [3.63, 3.8) is 0 Å². The molecule has 0 amide bonds. The molecule has 0 N–H and O–H groups in total. The van der Waals surface area contributed by atoms with E-state index in [-0.39, 0.29) is 0 Å². The Hall–Kier alpha value is 0.217. The smallest absolute Gasteiger partial charge is 0.0106 e. The van der Waals surface area contributed by atoms with Crippen LogP contribution >= 0.6 is 0 Å². The van der Waals surface area contributed by atoms with E-state index in [1.165, 1.54) is 164 Å². The fourth-order valence-electron chi connectivity index (χ4n) is 5.43. The highest BCUT2D eigenvalue weighted by Gasteiger charge is 2.22. The Morgan fingerprint density at radius 1 is 0.312 bits per heavy atom. The molecule has 0 aromatic carbocycles. The van der Waals surface area contributed by atoms with Crippen molar-refractivity contribution < 1.29 is 0 Å². The van der Waals surface area contributed by atoms with Crippen molar-refractivity contribution in [3.05, 3.63) is 0 Å². The second-order valence-electron chi connectivity index (χ2n) is 11.5. The molecule has 0 aliphatic heterocycles. The van der Waals surface area contributed by atoms with Crippen LogP contribution in [-0.4, -0.2) is 10.2 Å². The summed E-state index contributed by atoms with van der Waals surface area (Å²) in [6.07, 6.45) is 40.0. The van der Waals surface area contributed by atoms with Gasteiger partial charge in [-0.15, -0.1) is 0 Å². The average molecular weight is 467 g/mol. The fourth-order valence-corrected chi connectivity index (χ4v) is 6.49. The summed E-state index contributed by atoms with van der Waals surface area (Å²) in [5.41, 5.74) is 0. The first-order valence-electron chi connectivity index (χ1n) is 15.7. The van der Waals surface area contributed by atoms with Crippen LogP contribution in [0.25, 0.3) is 0 Å². The summed E-state index contributed by atoms with van der Waals surface area (Å²) >= 11 is 0. The van der Waals surface area contributed by atoms with Gasteiger partial charge >= 0.3 is 0 Å². The van der Waals surface area contributed by atoms with Crippen LogP contribution < -0.4 is 0 Å². The van der Waals surface area contributed by atoms with Gasteiger partial charge < -0.3 is 0 Å². The lowest BCUT2D eigenvalue weighted by Crippen LogP contribution is -2.13. The van der Waals surface area contributed by atoms with Gasteiger partial charge in [-0.2, -0.15) is 0 Å². The monoisotopic (exact) mass is 466 g/mol. The lowest BCUT2D eigenvalue weighted by molar-refractivity contribution is 0.384. The lowest BCUT2D eigenvalue weighted by atomic mass is 9.88. The van der Waals surface area contributed by atoms with Gasteiger partial charge in [-0.1, -0.05) is 194 Å². The summed E-state index contributed by atoms with van der Waals surface area (Å²) in [5.74, 6) is 0. The summed E-state index contributed by atoms with van der Waals surface area (Å²) in [6.45, 7) is 6.97. The van der Waals surface area contributed by atoms with E-state index in [9.17, 15) is 0 Å². The molecule has 0 spiro atoms. The summed E-state index contributed by atoms with van der Waals surface area (Å²) in [7, 11) is 1.43. The van der Waals surface area contributed by atoms with Crippen molar-refractivity contribution in [2.24, 2.45) is 0 Å². The molecule has 0 saturated heterocycles. The van der Waals surface area contributed by atoms with E-state index in [0.717, 1.165) is 5.04 Å². The first-order chi connectivity index (χ1) is 15.7. The SMILES string of the molecule is CCCCCCCCCCC([SiH3])(CCCCCCCCCC)CCCCCCCCCC. The Kier molecular flexibility index (Phi) is 26.0. The van der Waals surface area contributed by atoms with Crippen molar-refractivity contribution in [2.75, 3.05) is 0 Å². The lowest BCUT2D eigenvalue weighted by Gasteiger charge is -2.30. The fraction of sp³-hybridized carbons (Fsp3) is 1.00. The summed E-state index contributed by atoms with van der Waals surface area (Å²) in [6, 6.07) is 0. The maximum atomic E-state index is 2.32. The molecule has 0 bridgehead atoms. The van der Waals surface area contributed by atoms with Crippen LogP contribution in [0, 0.1) is 0 Å². The van der Waals surface area contributed by atoms with Crippen molar-refractivity contribution in [1.82, 2.24) is 0 Å². The molecule has 0 aliphatic carbocycles.